The van der Waals surface area contributed by atoms with E-state index in [4.69, 9.17) is 4.74 Å². The first-order chi connectivity index (χ1) is 12.3. The Morgan fingerprint density at radius 1 is 1.27 bits per heavy atom. The molecule has 4 nitrogen and oxygen atoms in total. The first-order valence-corrected chi connectivity index (χ1v) is 13.7. The van der Waals surface area contributed by atoms with E-state index in [0.29, 0.717) is 18.7 Å². The van der Waals surface area contributed by atoms with Gasteiger partial charge in [-0.05, 0) is 47.3 Å². The number of carbonyl (C=O) groups excluding carboxylic acids is 1. The lowest BCUT2D eigenvalue weighted by atomic mass is 10.0. The number of fused-ring (bicyclic) bond motifs is 3. The van der Waals surface area contributed by atoms with Crippen LogP contribution in [0.15, 0.2) is 16.6 Å². The zero-order valence-corrected chi connectivity index (χ0v) is 18.3. The van der Waals surface area contributed by atoms with E-state index in [1.54, 1.807) is 6.07 Å². The van der Waals surface area contributed by atoms with Crippen LogP contribution in [0.2, 0.25) is 25.7 Å². The minimum absolute atomic E-state index is 0.208. The summed E-state index contributed by atoms with van der Waals surface area (Å²) in [6.45, 7) is 8.16. The van der Waals surface area contributed by atoms with Gasteiger partial charge in [0.25, 0.3) is 0 Å². The van der Waals surface area contributed by atoms with Gasteiger partial charge in [-0.15, -0.1) is 0 Å². The van der Waals surface area contributed by atoms with Gasteiger partial charge in [0.1, 0.15) is 12.8 Å². The van der Waals surface area contributed by atoms with Crippen LogP contribution in [0.3, 0.4) is 0 Å². The molecule has 0 spiro atoms. The van der Waals surface area contributed by atoms with Crippen LogP contribution >= 0.6 is 15.9 Å². The zero-order chi connectivity index (χ0) is 18.9. The molecule has 1 aromatic heterocycles. The number of hydrogen-bond acceptors (Lipinski definition) is 3. The molecular weight excluding hydrogens is 408 g/mol. The fraction of sp³-hybridized carbons (Fsp3) is 0.500. The Morgan fingerprint density at radius 2 is 2.00 bits per heavy atom. The molecule has 0 fully saturated rings. The molecule has 0 radical (unpaired) electrons. The molecular formula is C20H25BrN2O2Si. The predicted octanol–water partition coefficient (Wildman–Crippen LogP) is 5.50. The summed E-state index contributed by atoms with van der Waals surface area (Å²) in [6, 6.07) is 7.04. The van der Waals surface area contributed by atoms with Gasteiger partial charge < -0.3 is 9.30 Å². The van der Waals surface area contributed by atoms with E-state index in [0.717, 1.165) is 58.5 Å². The highest BCUT2D eigenvalue weighted by Gasteiger charge is 2.26. The number of hydrogen-bond donors (Lipinski definition) is 0. The minimum atomic E-state index is -1.15. The van der Waals surface area contributed by atoms with Crippen molar-refractivity contribution in [3.63, 3.8) is 0 Å². The van der Waals surface area contributed by atoms with Gasteiger partial charge in [0.05, 0.1) is 15.6 Å². The fourth-order valence-electron chi connectivity index (χ4n) is 3.49. The zero-order valence-electron chi connectivity index (χ0n) is 15.7. The maximum absolute atomic E-state index is 12.7. The monoisotopic (exact) mass is 432 g/mol. The Morgan fingerprint density at radius 3 is 2.69 bits per heavy atom. The number of aromatic nitrogens is 1. The van der Waals surface area contributed by atoms with Gasteiger partial charge in [0.15, 0.2) is 5.78 Å². The summed E-state index contributed by atoms with van der Waals surface area (Å²) >= 11 is 3.60. The lowest BCUT2D eigenvalue weighted by Crippen LogP contribution is -2.22. The quantitative estimate of drug-likeness (QED) is 0.356. The maximum Gasteiger partial charge on any atom is 0.165 e. The largest absolute Gasteiger partial charge is 0.361 e. The minimum Gasteiger partial charge on any atom is -0.361 e. The smallest absolute Gasteiger partial charge is 0.165 e. The number of carbonyl (C=O) groups is 1. The number of benzene rings is 1. The summed E-state index contributed by atoms with van der Waals surface area (Å²) in [7, 11) is -1.15. The van der Waals surface area contributed by atoms with Crippen molar-refractivity contribution in [1.82, 2.24) is 4.57 Å². The number of Topliss-reactive ketones (excluding diaryl/α,β-unsaturated/α-hetero) is 1. The summed E-state index contributed by atoms with van der Waals surface area (Å²) in [6.07, 6.45) is 3.41. The van der Waals surface area contributed by atoms with Crippen LogP contribution in [-0.2, 0) is 17.9 Å². The molecule has 0 bridgehead atoms. The van der Waals surface area contributed by atoms with Crippen molar-refractivity contribution in [3.8, 4) is 6.07 Å². The van der Waals surface area contributed by atoms with E-state index in [1.807, 2.05) is 6.07 Å². The molecule has 1 heterocycles. The standard InChI is InChI=1S/C20H25BrN2O2Si/c1-26(2,3)11-10-25-13-23-16-6-4-5-7-17(24)18(16)15-9-8-14(12-22)19(21)20(15)23/h8-9H,4-7,10-11,13H2,1-3H3. The first kappa shape index (κ1) is 19.3. The van der Waals surface area contributed by atoms with Crippen molar-refractivity contribution in [1.29, 1.82) is 5.26 Å². The second-order valence-electron chi connectivity index (χ2n) is 8.16. The van der Waals surface area contributed by atoms with Crippen LogP contribution in [0.5, 0.6) is 0 Å². The molecule has 26 heavy (non-hydrogen) atoms. The summed E-state index contributed by atoms with van der Waals surface area (Å²) in [5.41, 5.74) is 3.39. The van der Waals surface area contributed by atoms with Crippen molar-refractivity contribution < 1.29 is 9.53 Å². The van der Waals surface area contributed by atoms with Crippen molar-refractivity contribution in [3.05, 3.63) is 33.4 Å². The van der Waals surface area contributed by atoms with E-state index < -0.39 is 8.07 Å². The second-order valence-corrected chi connectivity index (χ2v) is 14.6. The number of ether oxygens (including phenoxy) is 1. The molecule has 0 amide bonds. The van der Waals surface area contributed by atoms with E-state index in [-0.39, 0.29) is 5.78 Å². The van der Waals surface area contributed by atoms with Gasteiger partial charge in [-0.1, -0.05) is 25.7 Å². The Kier molecular flexibility index (Phi) is 5.71. The average molecular weight is 433 g/mol. The van der Waals surface area contributed by atoms with Crippen molar-refractivity contribution in [2.75, 3.05) is 6.61 Å². The van der Waals surface area contributed by atoms with Crippen LogP contribution in [0.25, 0.3) is 10.9 Å². The number of nitrogens with zero attached hydrogens (tertiary/aromatic N) is 2. The molecule has 0 unspecified atom stereocenters. The number of nitriles is 1. The molecule has 2 aromatic rings. The average Bonchev–Trinajstić information content (AvgIpc) is 2.76. The molecule has 0 N–H and O–H groups in total. The molecule has 0 atom stereocenters. The highest BCUT2D eigenvalue weighted by Crippen LogP contribution is 2.37. The molecule has 0 aliphatic heterocycles. The molecule has 3 rings (SSSR count). The Bertz CT molecular complexity index is 890. The number of ketones is 1. The molecule has 1 aromatic carbocycles. The maximum atomic E-state index is 12.7. The molecule has 1 aliphatic carbocycles. The van der Waals surface area contributed by atoms with Crippen LogP contribution < -0.4 is 0 Å². The third kappa shape index (κ3) is 3.80. The SMILES string of the molecule is C[Si](C)(C)CCOCn1c2c(c3ccc(C#N)c(Br)c31)C(=O)CCCC2. The molecule has 1 aliphatic rings. The summed E-state index contributed by atoms with van der Waals surface area (Å²) in [5, 5.41) is 10.3. The number of halogens is 1. The van der Waals surface area contributed by atoms with Crippen LogP contribution in [0.4, 0.5) is 0 Å². The third-order valence-electron chi connectivity index (χ3n) is 4.95. The molecule has 138 valence electrons. The first-order valence-electron chi connectivity index (χ1n) is 9.18. The van der Waals surface area contributed by atoms with Crippen LogP contribution in [0, 0.1) is 11.3 Å². The van der Waals surface area contributed by atoms with Gasteiger partial charge >= 0.3 is 0 Å². The molecule has 6 heteroatoms. The third-order valence-corrected chi connectivity index (χ3v) is 7.46. The van der Waals surface area contributed by atoms with Gasteiger partial charge in [-0.2, -0.15) is 5.26 Å². The normalized spacial score (nSPS) is 15.0. The Labute approximate surface area is 164 Å². The second kappa shape index (κ2) is 7.67. The van der Waals surface area contributed by atoms with E-state index in [9.17, 15) is 10.1 Å². The lowest BCUT2D eigenvalue weighted by molar-refractivity contribution is 0.0880. The molecule has 0 saturated carbocycles. The highest BCUT2D eigenvalue weighted by molar-refractivity contribution is 9.10. The van der Waals surface area contributed by atoms with Crippen molar-refractivity contribution in [2.45, 2.75) is 58.1 Å². The van der Waals surface area contributed by atoms with E-state index in [2.05, 4.69) is 46.2 Å². The van der Waals surface area contributed by atoms with Crippen LogP contribution in [0.1, 0.15) is 40.9 Å². The van der Waals surface area contributed by atoms with Crippen molar-refractivity contribution in [2.24, 2.45) is 0 Å². The predicted molar refractivity (Wildman–Crippen MR) is 110 cm³/mol. The van der Waals surface area contributed by atoms with Crippen molar-refractivity contribution >= 4 is 40.7 Å². The van der Waals surface area contributed by atoms with Crippen LogP contribution in [-0.4, -0.2) is 25.0 Å². The Hall–Kier alpha value is -1.42. The highest BCUT2D eigenvalue weighted by atomic mass is 79.9. The van der Waals surface area contributed by atoms with Gasteiger partial charge in [0, 0.05) is 37.7 Å². The van der Waals surface area contributed by atoms with Gasteiger partial charge in [-0.25, -0.2) is 0 Å². The topological polar surface area (TPSA) is 55.0 Å². The summed E-state index contributed by atoms with van der Waals surface area (Å²) in [5.74, 6) is 0.208. The fourth-order valence-corrected chi connectivity index (χ4v) is 4.90. The summed E-state index contributed by atoms with van der Waals surface area (Å²) in [4.78, 5) is 12.7. The number of rotatable bonds is 5. The Balaban J connectivity index is 2.06. The lowest BCUT2D eigenvalue weighted by Gasteiger charge is -2.17. The molecule has 0 saturated heterocycles. The van der Waals surface area contributed by atoms with E-state index in [1.165, 1.54) is 0 Å². The van der Waals surface area contributed by atoms with Gasteiger partial charge in [-0.3, -0.25) is 4.79 Å². The van der Waals surface area contributed by atoms with E-state index >= 15 is 0 Å². The van der Waals surface area contributed by atoms with Gasteiger partial charge in [0.2, 0.25) is 0 Å². The summed E-state index contributed by atoms with van der Waals surface area (Å²) < 4.78 is 8.89.